The van der Waals surface area contributed by atoms with Crippen LogP contribution in [0.1, 0.15) is 42.9 Å². The van der Waals surface area contributed by atoms with Crippen molar-refractivity contribution in [2.45, 2.75) is 43.6 Å². The molecule has 2 unspecified atom stereocenters. The number of pyridine rings is 1. The van der Waals surface area contributed by atoms with Gasteiger partial charge in [0.2, 0.25) is 0 Å². The first-order valence-electron chi connectivity index (χ1n) is 7.06. The standard InChI is InChI=1S/C15H24N2O2/c1-19-11-15(18,8-4-9-16)13-7-2-5-12-6-3-10-17-14(12)13/h3,6,10,13,18H,2,4-5,7-9,11,16H2,1H3. The second kappa shape index (κ2) is 6.46. The van der Waals surface area contributed by atoms with Gasteiger partial charge in [0.25, 0.3) is 0 Å². The van der Waals surface area contributed by atoms with E-state index in [1.165, 1.54) is 5.56 Å². The second-order valence-electron chi connectivity index (χ2n) is 5.42. The molecule has 1 heterocycles. The van der Waals surface area contributed by atoms with Crippen LogP contribution in [0.15, 0.2) is 18.3 Å². The average molecular weight is 264 g/mol. The van der Waals surface area contributed by atoms with E-state index >= 15 is 0 Å². The van der Waals surface area contributed by atoms with Gasteiger partial charge in [-0.1, -0.05) is 6.07 Å². The summed E-state index contributed by atoms with van der Waals surface area (Å²) in [5.74, 6) is 0.0592. The Balaban J connectivity index is 2.27. The quantitative estimate of drug-likeness (QED) is 0.819. The first kappa shape index (κ1) is 14.4. The molecule has 106 valence electrons. The van der Waals surface area contributed by atoms with Gasteiger partial charge in [-0.2, -0.15) is 0 Å². The molecule has 4 nitrogen and oxygen atoms in total. The Kier molecular flexibility index (Phi) is 4.91. The number of nitrogens with zero attached hydrogens (tertiary/aromatic N) is 1. The highest BCUT2D eigenvalue weighted by molar-refractivity contribution is 5.28. The number of hydrogen-bond donors (Lipinski definition) is 2. The predicted molar refractivity (Wildman–Crippen MR) is 75.0 cm³/mol. The van der Waals surface area contributed by atoms with Gasteiger partial charge in [0.15, 0.2) is 0 Å². The molecule has 3 N–H and O–H groups in total. The fourth-order valence-electron chi connectivity index (χ4n) is 3.14. The summed E-state index contributed by atoms with van der Waals surface area (Å²) >= 11 is 0. The minimum atomic E-state index is -0.850. The minimum Gasteiger partial charge on any atom is -0.387 e. The molecular formula is C15H24N2O2. The van der Waals surface area contributed by atoms with E-state index in [9.17, 15) is 5.11 Å². The predicted octanol–water partition coefficient (Wildman–Crippen LogP) is 1.62. The summed E-state index contributed by atoms with van der Waals surface area (Å²) in [6, 6.07) is 4.08. The van der Waals surface area contributed by atoms with E-state index < -0.39 is 5.60 Å². The Morgan fingerprint density at radius 1 is 1.58 bits per heavy atom. The van der Waals surface area contributed by atoms with Crippen molar-refractivity contribution in [3.05, 3.63) is 29.6 Å². The highest BCUT2D eigenvalue weighted by Crippen LogP contribution is 2.40. The van der Waals surface area contributed by atoms with Crippen molar-refractivity contribution in [1.29, 1.82) is 0 Å². The highest BCUT2D eigenvalue weighted by atomic mass is 16.5. The Hall–Kier alpha value is -0.970. The van der Waals surface area contributed by atoms with Crippen molar-refractivity contribution in [2.75, 3.05) is 20.3 Å². The second-order valence-corrected chi connectivity index (χ2v) is 5.42. The number of aliphatic hydroxyl groups is 1. The molecule has 19 heavy (non-hydrogen) atoms. The van der Waals surface area contributed by atoms with Crippen molar-refractivity contribution >= 4 is 0 Å². The summed E-state index contributed by atoms with van der Waals surface area (Å²) in [6.07, 6.45) is 6.40. The van der Waals surface area contributed by atoms with Gasteiger partial charge in [-0.3, -0.25) is 4.98 Å². The van der Waals surface area contributed by atoms with Crippen LogP contribution in [0, 0.1) is 0 Å². The monoisotopic (exact) mass is 264 g/mol. The topological polar surface area (TPSA) is 68.4 Å². The van der Waals surface area contributed by atoms with Crippen molar-refractivity contribution in [3.8, 4) is 0 Å². The third-order valence-electron chi connectivity index (χ3n) is 4.05. The minimum absolute atomic E-state index is 0.0592. The molecule has 0 aromatic carbocycles. The molecule has 0 spiro atoms. The molecule has 0 radical (unpaired) electrons. The van der Waals surface area contributed by atoms with Gasteiger partial charge in [0.05, 0.1) is 12.2 Å². The van der Waals surface area contributed by atoms with Gasteiger partial charge >= 0.3 is 0 Å². The smallest absolute Gasteiger partial charge is 0.0963 e. The maximum Gasteiger partial charge on any atom is 0.0963 e. The lowest BCUT2D eigenvalue weighted by atomic mass is 9.74. The number of fused-ring (bicyclic) bond motifs is 1. The molecule has 1 aliphatic rings. The largest absolute Gasteiger partial charge is 0.387 e. The zero-order chi connectivity index (χ0) is 13.7. The third-order valence-corrected chi connectivity index (χ3v) is 4.05. The Labute approximate surface area is 115 Å². The number of rotatable bonds is 6. The summed E-state index contributed by atoms with van der Waals surface area (Å²) in [6.45, 7) is 0.932. The molecule has 2 atom stereocenters. The number of ether oxygens (including phenoxy) is 1. The molecule has 1 aromatic rings. The molecule has 2 rings (SSSR count). The lowest BCUT2D eigenvalue weighted by molar-refractivity contribution is -0.0625. The fraction of sp³-hybridized carbons (Fsp3) is 0.667. The molecule has 0 aliphatic heterocycles. The number of methoxy groups -OCH3 is 1. The molecule has 4 heteroatoms. The van der Waals surface area contributed by atoms with Gasteiger partial charge < -0.3 is 15.6 Å². The molecule has 0 bridgehead atoms. The van der Waals surface area contributed by atoms with Crippen molar-refractivity contribution < 1.29 is 9.84 Å². The Bertz CT molecular complexity index is 411. The van der Waals surface area contributed by atoms with Crippen LogP contribution in [-0.4, -0.2) is 36.0 Å². The zero-order valence-electron chi connectivity index (χ0n) is 11.6. The summed E-state index contributed by atoms with van der Waals surface area (Å²) in [7, 11) is 1.63. The maximum absolute atomic E-state index is 11.0. The van der Waals surface area contributed by atoms with E-state index in [2.05, 4.69) is 11.1 Å². The SMILES string of the molecule is COCC(O)(CCCN)C1CCCc2cccnc21. The molecule has 1 aromatic heterocycles. The van der Waals surface area contributed by atoms with E-state index in [-0.39, 0.29) is 5.92 Å². The normalized spacial score (nSPS) is 21.7. The highest BCUT2D eigenvalue weighted by Gasteiger charge is 2.40. The molecule has 0 amide bonds. The van der Waals surface area contributed by atoms with Crippen molar-refractivity contribution in [1.82, 2.24) is 4.98 Å². The van der Waals surface area contributed by atoms with Crippen LogP contribution in [0.25, 0.3) is 0 Å². The van der Waals surface area contributed by atoms with E-state index in [4.69, 9.17) is 10.5 Å². The molecule has 1 aliphatic carbocycles. The molecule has 0 saturated carbocycles. The number of aromatic nitrogens is 1. The van der Waals surface area contributed by atoms with E-state index in [0.29, 0.717) is 19.6 Å². The van der Waals surface area contributed by atoms with Gasteiger partial charge in [-0.25, -0.2) is 0 Å². The van der Waals surface area contributed by atoms with E-state index in [0.717, 1.165) is 31.4 Å². The Morgan fingerprint density at radius 3 is 3.16 bits per heavy atom. The fourth-order valence-corrected chi connectivity index (χ4v) is 3.14. The molecular weight excluding hydrogens is 240 g/mol. The van der Waals surface area contributed by atoms with Gasteiger partial charge in [0.1, 0.15) is 0 Å². The van der Waals surface area contributed by atoms with Crippen LogP contribution in [-0.2, 0) is 11.2 Å². The first-order valence-corrected chi connectivity index (χ1v) is 7.06. The number of hydrogen-bond acceptors (Lipinski definition) is 4. The van der Waals surface area contributed by atoms with Crippen LogP contribution in [0.2, 0.25) is 0 Å². The van der Waals surface area contributed by atoms with Crippen LogP contribution >= 0.6 is 0 Å². The average Bonchev–Trinajstić information content (AvgIpc) is 2.45. The lowest BCUT2D eigenvalue weighted by Crippen LogP contribution is -2.43. The van der Waals surface area contributed by atoms with Crippen LogP contribution in [0.4, 0.5) is 0 Å². The first-order chi connectivity index (χ1) is 9.21. The van der Waals surface area contributed by atoms with Crippen molar-refractivity contribution in [3.63, 3.8) is 0 Å². The van der Waals surface area contributed by atoms with Crippen LogP contribution in [0.5, 0.6) is 0 Å². The van der Waals surface area contributed by atoms with Crippen LogP contribution in [0.3, 0.4) is 0 Å². The van der Waals surface area contributed by atoms with Crippen molar-refractivity contribution in [2.24, 2.45) is 5.73 Å². The molecule has 0 saturated heterocycles. The van der Waals surface area contributed by atoms with Gasteiger partial charge in [0, 0.05) is 24.9 Å². The summed E-state index contributed by atoms with van der Waals surface area (Å²) in [4.78, 5) is 4.51. The van der Waals surface area contributed by atoms with Crippen LogP contribution < -0.4 is 5.73 Å². The van der Waals surface area contributed by atoms with E-state index in [1.807, 2.05) is 12.3 Å². The summed E-state index contributed by atoms with van der Waals surface area (Å²) < 4.78 is 5.25. The van der Waals surface area contributed by atoms with E-state index in [1.54, 1.807) is 7.11 Å². The summed E-state index contributed by atoms with van der Waals surface area (Å²) in [5.41, 5.74) is 7.05. The summed E-state index contributed by atoms with van der Waals surface area (Å²) in [5, 5.41) is 11.0. The maximum atomic E-state index is 11.0. The lowest BCUT2D eigenvalue weighted by Gasteiger charge is -2.38. The Morgan fingerprint density at radius 2 is 2.42 bits per heavy atom. The number of aryl methyl sites for hydroxylation is 1. The number of nitrogens with two attached hydrogens (primary N) is 1. The molecule has 0 fully saturated rings. The third kappa shape index (κ3) is 3.14. The zero-order valence-corrected chi connectivity index (χ0v) is 11.6. The van der Waals surface area contributed by atoms with Gasteiger partial charge in [-0.15, -0.1) is 0 Å². The van der Waals surface area contributed by atoms with Gasteiger partial charge in [-0.05, 0) is 50.3 Å².